The molecule has 2 aromatic rings. The zero-order valence-electron chi connectivity index (χ0n) is 17.7. The van der Waals surface area contributed by atoms with Crippen LogP contribution in [-0.4, -0.2) is 24.5 Å². The van der Waals surface area contributed by atoms with Crippen molar-refractivity contribution in [2.45, 2.75) is 34.1 Å². The molecular formula is C24H26O6. The Morgan fingerprint density at radius 1 is 0.833 bits per heavy atom. The van der Waals surface area contributed by atoms with Crippen molar-refractivity contribution in [1.29, 1.82) is 0 Å². The summed E-state index contributed by atoms with van der Waals surface area (Å²) in [4.78, 5) is 35.1. The molecule has 0 N–H and O–H groups in total. The van der Waals surface area contributed by atoms with Gasteiger partial charge in [0, 0.05) is 5.57 Å². The smallest absolute Gasteiger partial charge is 0.333 e. The van der Waals surface area contributed by atoms with Crippen LogP contribution in [0.1, 0.15) is 34.1 Å². The number of hydrogen-bond acceptors (Lipinski definition) is 6. The van der Waals surface area contributed by atoms with Gasteiger partial charge < -0.3 is 14.2 Å². The van der Waals surface area contributed by atoms with Gasteiger partial charge in [0.25, 0.3) is 0 Å². The summed E-state index contributed by atoms with van der Waals surface area (Å²) in [6.07, 6.45) is -0.0461. The Hall–Kier alpha value is -3.41. The average molecular weight is 410 g/mol. The molecule has 0 saturated heterocycles. The van der Waals surface area contributed by atoms with E-state index in [0.29, 0.717) is 11.5 Å². The Morgan fingerprint density at radius 3 is 1.73 bits per heavy atom. The fraction of sp³-hybridized carbons (Fsp3) is 0.292. The molecule has 0 spiro atoms. The summed E-state index contributed by atoms with van der Waals surface area (Å²) >= 11 is 0. The first kappa shape index (κ1) is 22.9. The Labute approximate surface area is 176 Å². The molecule has 2 rings (SSSR count). The Bertz CT molecular complexity index is 918. The molecule has 6 nitrogen and oxygen atoms in total. The van der Waals surface area contributed by atoms with Crippen molar-refractivity contribution in [3.05, 3.63) is 60.7 Å². The van der Waals surface area contributed by atoms with Crippen LogP contribution in [0.25, 0.3) is 11.1 Å². The Kier molecular flexibility index (Phi) is 7.53. The monoisotopic (exact) mass is 410 g/mol. The maximum Gasteiger partial charge on any atom is 0.333 e. The van der Waals surface area contributed by atoms with Crippen molar-refractivity contribution in [1.82, 2.24) is 0 Å². The lowest BCUT2D eigenvalue weighted by Crippen LogP contribution is -2.25. The largest absolute Gasteiger partial charge is 0.462 e. The highest BCUT2D eigenvalue weighted by Gasteiger charge is 2.23. The minimum absolute atomic E-state index is 0.0461. The van der Waals surface area contributed by atoms with E-state index in [1.54, 1.807) is 45.0 Å². The number of carbonyl (C=O) groups excluding carboxylic acids is 3. The van der Waals surface area contributed by atoms with Gasteiger partial charge in [-0.15, -0.1) is 0 Å². The molecule has 2 aromatic carbocycles. The standard InChI is InChI=1S/C24H26O6/c1-16(2)22(26)28-15-14-21(25)29-19-10-6-17(7-11-19)18-8-12-20(13-9-18)30-23(27)24(3,4)5/h6-13H,1,14-15H2,2-5H3. The third-order valence-electron chi connectivity index (χ3n) is 3.98. The van der Waals surface area contributed by atoms with Crippen LogP contribution in [0.3, 0.4) is 0 Å². The number of rotatable bonds is 7. The minimum Gasteiger partial charge on any atom is -0.462 e. The van der Waals surface area contributed by atoms with Gasteiger partial charge in [-0.1, -0.05) is 30.8 Å². The van der Waals surface area contributed by atoms with Crippen LogP contribution in [-0.2, 0) is 19.1 Å². The summed E-state index contributed by atoms with van der Waals surface area (Å²) in [5.41, 5.74) is 1.55. The van der Waals surface area contributed by atoms with Crippen molar-refractivity contribution in [3.8, 4) is 22.6 Å². The van der Waals surface area contributed by atoms with Crippen molar-refractivity contribution in [3.63, 3.8) is 0 Å². The molecule has 0 atom stereocenters. The van der Waals surface area contributed by atoms with Crippen LogP contribution in [0.5, 0.6) is 11.5 Å². The van der Waals surface area contributed by atoms with Crippen LogP contribution in [0, 0.1) is 5.41 Å². The molecule has 0 aliphatic rings. The Balaban J connectivity index is 1.91. The van der Waals surface area contributed by atoms with Crippen LogP contribution in [0.2, 0.25) is 0 Å². The summed E-state index contributed by atoms with van der Waals surface area (Å²) in [6, 6.07) is 14.2. The first-order valence-electron chi connectivity index (χ1n) is 9.52. The molecule has 0 unspecified atom stereocenters. The quantitative estimate of drug-likeness (QED) is 0.373. The first-order chi connectivity index (χ1) is 14.1. The summed E-state index contributed by atoms with van der Waals surface area (Å²) in [6.45, 7) is 10.3. The minimum atomic E-state index is -0.571. The molecule has 0 bridgehead atoms. The fourth-order valence-electron chi connectivity index (χ4n) is 2.22. The van der Waals surface area contributed by atoms with Gasteiger partial charge in [0.15, 0.2) is 0 Å². The second kappa shape index (κ2) is 9.87. The normalized spacial score (nSPS) is 10.8. The molecule has 0 radical (unpaired) electrons. The van der Waals surface area contributed by atoms with Crippen molar-refractivity contribution >= 4 is 17.9 Å². The lowest BCUT2D eigenvalue weighted by molar-refractivity contribution is -0.143. The maximum atomic E-state index is 12.0. The van der Waals surface area contributed by atoms with E-state index in [1.807, 2.05) is 24.3 Å². The van der Waals surface area contributed by atoms with Crippen LogP contribution in [0.4, 0.5) is 0 Å². The molecule has 158 valence electrons. The topological polar surface area (TPSA) is 78.9 Å². The highest BCUT2D eigenvalue weighted by atomic mass is 16.6. The van der Waals surface area contributed by atoms with Gasteiger partial charge in [0.1, 0.15) is 18.1 Å². The SMILES string of the molecule is C=C(C)C(=O)OCCC(=O)Oc1ccc(-c2ccc(OC(=O)C(C)(C)C)cc2)cc1. The van der Waals surface area contributed by atoms with Gasteiger partial charge in [-0.25, -0.2) is 4.79 Å². The zero-order valence-corrected chi connectivity index (χ0v) is 17.7. The maximum absolute atomic E-state index is 12.0. The third kappa shape index (κ3) is 6.88. The summed E-state index contributed by atoms with van der Waals surface area (Å²) < 4.78 is 15.5. The van der Waals surface area contributed by atoms with E-state index in [1.165, 1.54) is 6.92 Å². The molecular weight excluding hydrogens is 384 g/mol. The highest BCUT2D eigenvalue weighted by Crippen LogP contribution is 2.26. The molecule has 0 aromatic heterocycles. The molecule has 30 heavy (non-hydrogen) atoms. The molecule has 6 heteroatoms. The summed E-state index contributed by atoms with van der Waals surface area (Å²) in [5.74, 6) is -0.452. The van der Waals surface area contributed by atoms with E-state index in [9.17, 15) is 14.4 Å². The lowest BCUT2D eigenvalue weighted by Gasteiger charge is -2.16. The van der Waals surface area contributed by atoms with Gasteiger partial charge >= 0.3 is 17.9 Å². The predicted octanol–water partition coefficient (Wildman–Crippen LogP) is 4.72. The van der Waals surface area contributed by atoms with Crippen molar-refractivity contribution in [2.24, 2.45) is 5.41 Å². The average Bonchev–Trinajstić information content (AvgIpc) is 2.68. The van der Waals surface area contributed by atoms with Gasteiger partial charge in [0.05, 0.1) is 11.8 Å². The second-order valence-corrected chi connectivity index (χ2v) is 7.83. The van der Waals surface area contributed by atoms with Crippen LogP contribution in [0.15, 0.2) is 60.7 Å². The van der Waals surface area contributed by atoms with E-state index in [-0.39, 0.29) is 24.6 Å². The van der Waals surface area contributed by atoms with Gasteiger partial charge in [-0.2, -0.15) is 0 Å². The van der Waals surface area contributed by atoms with E-state index in [0.717, 1.165) is 11.1 Å². The number of benzene rings is 2. The van der Waals surface area contributed by atoms with Gasteiger partial charge in [0.2, 0.25) is 0 Å². The highest BCUT2D eigenvalue weighted by molar-refractivity contribution is 5.87. The summed E-state index contributed by atoms with van der Waals surface area (Å²) in [5, 5.41) is 0. The van der Waals surface area contributed by atoms with E-state index in [2.05, 4.69) is 6.58 Å². The van der Waals surface area contributed by atoms with Crippen LogP contribution >= 0.6 is 0 Å². The van der Waals surface area contributed by atoms with Crippen LogP contribution < -0.4 is 9.47 Å². The molecule has 0 amide bonds. The van der Waals surface area contributed by atoms with E-state index < -0.39 is 17.4 Å². The van der Waals surface area contributed by atoms with E-state index in [4.69, 9.17) is 14.2 Å². The number of ether oxygens (including phenoxy) is 3. The number of esters is 3. The molecule has 0 fully saturated rings. The van der Waals surface area contributed by atoms with E-state index >= 15 is 0 Å². The molecule has 0 aliphatic carbocycles. The fourth-order valence-corrected chi connectivity index (χ4v) is 2.22. The number of carbonyl (C=O) groups is 3. The lowest BCUT2D eigenvalue weighted by atomic mass is 9.97. The first-order valence-corrected chi connectivity index (χ1v) is 9.52. The van der Waals surface area contributed by atoms with Gasteiger partial charge in [-0.05, 0) is 63.1 Å². The predicted molar refractivity (Wildman–Crippen MR) is 113 cm³/mol. The Morgan fingerprint density at radius 2 is 1.30 bits per heavy atom. The molecule has 0 saturated carbocycles. The summed E-state index contributed by atoms with van der Waals surface area (Å²) in [7, 11) is 0. The van der Waals surface area contributed by atoms with Crippen molar-refractivity contribution < 1.29 is 28.6 Å². The third-order valence-corrected chi connectivity index (χ3v) is 3.98. The second-order valence-electron chi connectivity index (χ2n) is 7.83. The van der Waals surface area contributed by atoms with Crippen molar-refractivity contribution in [2.75, 3.05) is 6.61 Å². The molecule has 0 heterocycles. The molecule has 0 aliphatic heterocycles. The van der Waals surface area contributed by atoms with Gasteiger partial charge in [-0.3, -0.25) is 9.59 Å². The number of hydrogen-bond donors (Lipinski definition) is 0. The zero-order chi connectivity index (χ0) is 22.3.